The third-order valence-corrected chi connectivity index (χ3v) is 6.39. The average Bonchev–Trinajstić information content (AvgIpc) is 3.34. The highest BCUT2D eigenvalue weighted by Crippen LogP contribution is 2.30. The van der Waals surface area contributed by atoms with Crippen LogP contribution in [0.3, 0.4) is 0 Å². The van der Waals surface area contributed by atoms with Crippen LogP contribution < -0.4 is 11.1 Å². The Bertz CT molecular complexity index is 1050. The van der Waals surface area contributed by atoms with Crippen molar-refractivity contribution in [2.75, 3.05) is 6.54 Å². The molecule has 3 N–H and O–H groups in total. The van der Waals surface area contributed by atoms with E-state index in [-0.39, 0.29) is 17.7 Å². The third-order valence-electron chi connectivity index (χ3n) is 6.16. The predicted octanol–water partition coefficient (Wildman–Crippen LogP) is 4.11. The van der Waals surface area contributed by atoms with Crippen LogP contribution >= 0.6 is 11.6 Å². The van der Waals surface area contributed by atoms with Crippen molar-refractivity contribution in [2.24, 2.45) is 5.73 Å². The molecular formula is C27H28ClN3O2. The van der Waals surface area contributed by atoms with E-state index in [2.05, 4.69) is 5.32 Å². The number of nitrogens with one attached hydrogen (secondary N) is 1. The average molecular weight is 462 g/mol. The van der Waals surface area contributed by atoms with E-state index in [0.717, 1.165) is 23.1 Å². The quantitative estimate of drug-likeness (QED) is 0.556. The van der Waals surface area contributed by atoms with Crippen molar-refractivity contribution in [3.63, 3.8) is 0 Å². The Hall–Kier alpha value is -3.15. The van der Waals surface area contributed by atoms with Gasteiger partial charge in [0, 0.05) is 24.0 Å². The first-order valence-corrected chi connectivity index (χ1v) is 11.6. The van der Waals surface area contributed by atoms with Crippen molar-refractivity contribution in [1.82, 2.24) is 10.2 Å². The summed E-state index contributed by atoms with van der Waals surface area (Å²) in [6.45, 7) is 0.888. The lowest BCUT2D eigenvalue weighted by Gasteiger charge is -2.31. The minimum absolute atomic E-state index is 0.163. The van der Waals surface area contributed by atoms with Gasteiger partial charge in [-0.15, -0.1) is 0 Å². The number of hydrogen-bond donors (Lipinski definition) is 2. The molecule has 2 atom stereocenters. The SMILES string of the molecule is NC(C(=O)N1CCC[C@H]1C(=O)NCc1cccc(Cl)c1)C(c1ccccc1)c1ccccc1. The lowest BCUT2D eigenvalue weighted by atomic mass is 9.84. The summed E-state index contributed by atoms with van der Waals surface area (Å²) in [5.41, 5.74) is 9.48. The van der Waals surface area contributed by atoms with E-state index < -0.39 is 12.1 Å². The topological polar surface area (TPSA) is 75.4 Å². The summed E-state index contributed by atoms with van der Waals surface area (Å²) in [5, 5.41) is 3.58. The van der Waals surface area contributed by atoms with Gasteiger partial charge in [-0.25, -0.2) is 0 Å². The van der Waals surface area contributed by atoms with Crippen LogP contribution in [0.1, 0.15) is 35.4 Å². The van der Waals surface area contributed by atoms with Gasteiger partial charge < -0.3 is 16.0 Å². The highest BCUT2D eigenvalue weighted by Gasteiger charge is 2.39. The van der Waals surface area contributed by atoms with Crippen LogP contribution in [0.25, 0.3) is 0 Å². The molecule has 1 aliphatic rings. The van der Waals surface area contributed by atoms with Gasteiger partial charge in [0.25, 0.3) is 0 Å². The van der Waals surface area contributed by atoms with Crippen LogP contribution in [0.2, 0.25) is 5.02 Å². The molecule has 2 amide bonds. The zero-order valence-electron chi connectivity index (χ0n) is 18.4. The molecule has 1 saturated heterocycles. The van der Waals surface area contributed by atoms with Gasteiger partial charge in [0.1, 0.15) is 6.04 Å². The van der Waals surface area contributed by atoms with Gasteiger partial charge in [-0.05, 0) is 41.7 Å². The van der Waals surface area contributed by atoms with Crippen molar-refractivity contribution in [3.05, 3.63) is 107 Å². The zero-order chi connectivity index (χ0) is 23.2. The maximum atomic E-state index is 13.6. The fraction of sp³-hybridized carbons (Fsp3) is 0.259. The Kier molecular flexibility index (Phi) is 7.43. The second-order valence-electron chi connectivity index (χ2n) is 8.36. The highest BCUT2D eigenvalue weighted by atomic mass is 35.5. The van der Waals surface area contributed by atoms with Gasteiger partial charge in [-0.2, -0.15) is 0 Å². The van der Waals surface area contributed by atoms with Gasteiger partial charge in [0.15, 0.2) is 0 Å². The maximum absolute atomic E-state index is 13.6. The van der Waals surface area contributed by atoms with Crippen molar-refractivity contribution < 1.29 is 9.59 Å². The zero-order valence-corrected chi connectivity index (χ0v) is 19.1. The van der Waals surface area contributed by atoms with Crippen molar-refractivity contribution in [2.45, 2.75) is 37.4 Å². The van der Waals surface area contributed by atoms with E-state index in [1.807, 2.05) is 78.9 Å². The van der Waals surface area contributed by atoms with Gasteiger partial charge in [0.05, 0.1) is 6.04 Å². The fourth-order valence-corrected chi connectivity index (χ4v) is 4.73. The molecular weight excluding hydrogens is 434 g/mol. The Labute approximate surface area is 199 Å². The summed E-state index contributed by atoms with van der Waals surface area (Å²) in [7, 11) is 0. The van der Waals surface area contributed by atoms with E-state index in [0.29, 0.717) is 24.5 Å². The maximum Gasteiger partial charge on any atom is 0.243 e. The molecule has 1 unspecified atom stereocenters. The number of likely N-dealkylation sites (tertiary alicyclic amines) is 1. The molecule has 6 heteroatoms. The van der Waals surface area contributed by atoms with Crippen molar-refractivity contribution in [1.29, 1.82) is 0 Å². The van der Waals surface area contributed by atoms with Crippen molar-refractivity contribution in [3.8, 4) is 0 Å². The second kappa shape index (κ2) is 10.6. The lowest BCUT2D eigenvalue weighted by molar-refractivity contribution is -0.139. The molecule has 3 aromatic carbocycles. The standard InChI is InChI=1S/C27H28ClN3O2/c28-22-14-7-9-19(17-22)18-30-26(32)23-15-8-16-31(23)27(33)25(29)24(20-10-3-1-4-11-20)21-12-5-2-6-13-21/h1-7,9-14,17,23-25H,8,15-16,18,29H2,(H,30,32)/t23-,25?/m0/s1. The molecule has 1 fully saturated rings. The number of carbonyl (C=O) groups is 2. The van der Waals surface area contributed by atoms with Gasteiger partial charge >= 0.3 is 0 Å². The first-order valence-electron chi connectivity index (χ1n) is 11.2. The van der Waals surface area contributed by atoms with E-state index in [4.69, 9.17) is 17.3 Å². The van der Waals surface area contributed by atoms with E-state index in [1.165, 1.54) is 0 Å². The number of rotatable bonds is 7. The number of halogens is 1. The summed E-state index contributed by atoms with van der Waals surface area (Å²) in [6, 6.07) is 25.7. The molecule has 0 bridgehead atoms. The number of nitrogens with two attached hydrogens (primary N) is 1. The number of nitrogens with zero attached hydrogens (tertiary/aromatic N) is 1. The molecule has 0 aromatic heterocycles. The molecule has 33 heavy (non-hydrogen) atoms. The van der Waals surface area contributed by atoms with E-state index in [9.17, 15) is 9.59 Å². The minimum atomic E-state index is -0.795. The van der Waals surface area contributed by atoms with Crippen LogP contribution in [0.15, 0.2) is 84.9 Å². The van der Waals surface area contributed by atoms with Gasteiger partial charge in [0.2, 0.25) is 11.8 Å². The molecule has 1 aliphatic heterocycles. The summed E-state index contributed by atoms with van der Waals surface area (Å²) < 4.78 is 0. The number of benzene rings is 3. The minimum Gasteiger partial charge on any atom is -0.350 e. The predicted molar refractivity (Wildman–Crippen MR) is 131 cm³/mol. The Morgan fingerprint density at radius 2 is 1.61 bits per heavy atom. The molecule has 170 valence electrons. The second-order valence-corrected chi connectivity index (χ2v) is 8.80. The Morgan fingerprint density at radius 3 is 2.21 bits per heavy atom. The van der Waals surface area contributed by atoms with Gasteiger partial charge in [-0.3, -0.25) is 9.59 Å². The number of hydrogen-bond acceptors (Lipinski definition) is 3. The largest absolute Gasteiger partial charge is 0.350 e. The molecule has 1 heterocycles. The monoisotopic (exact) mass is 461 g/mol. The molecule has 0 radical (unpaired) electrons. The van der Waals surface area contributed by atoms with Crippen LogP contribution in [0.4, 0.5) is 0 Å². The first kappa shape index (κ1) is 23.0. The molecule has 3 aromatic rings. The van der Waals surface area contributed by atoms with Crippen LogP contribution in [-0.4, -0.2) is 35.3 Å². The smallest absolute Gasteiger partial charge is 0.243 e. The molecule has 0 spiro atoms. The lowest BCUT2D eigenvalue weighted by Crippen LogP contribution is -2.52. The summed E-state index contributed by atoms with van der Waals surface area (Å²) in [4.78, 5) is 28.2. The van der Waals surface area contributed by atoms with Crippen LogP contribution in [0.5, 0.6) is 0 Å². The summed E-state index contributed by atoms with van der Waals surface area (Å²) >= 11 is 6.04. The third kappa shape index (κ3) is 5.44. The van der Waals surface area contributed by atoms with E-state index in [1.54, 1.807) is 11.0 Å². The Morgan fingerprint density at radius 1 is 0.970 bits per heavy atom. The van der Waals surface area contributed by atoms with E-state index >= 15 is 0 Å². The number of carbonyl (C=O) groups excluding carboxylic acids is 2. The summed E-state index contributed by atoms with van der Waals surface area (Å²) in [5.74, 6) is -0.659. The Balaban J connectivity index is 1.50. The van der Waals surface area contributed by atoms with Gasteiger partial charge in [-0.1, -0.05) is 84.4 Å². The summed E-state index contributed by atoms with van der Waals surface area (Å²) in [6.07, 6.45) is 1.40. The first-order chi connectivity index (χ1) is 16.0. The van der Waals surface area contributed by atoms with Crippen LogP contribution in [-0.2, 0) is 16.1 Å². The number of amides is 2. The molecule has 5 nitrogen and oxygen atoms in total. The fourth-order valence-electron chi connectivity index (χ4n) is 4.52. The van der Waals surface area contributed by atoms with Crippen LogP contribution in [0, 0.1) is 0 Å². The normalized spacial score (nSPS) is 16.6. The molecule has 0 aliphatic carbocycles. The van der Waals surface area contributed by atoms with Crippen molar-refractivity contribution >= 4 is 23.4 Å². The molecule has 0 saturated carbocycles. The molecule has 4 rings (SSSR count). The highest BCUT2D eigenvalue weighted by molar-refractivity contribution is 6.30.